The average Bonchev–Trinajstić information content (AvgIpc) is 3.09. The van der Waals surface area contributed by atoms with Crippen LogP contribution in [0.4, 0.5) is 5.69 Å². The Labute approximate surface area is 180 Å². The number of nitrogens with one attached hydrogen (secondary N) is 2. The van der Waals surface area contributed by atoms with Crippen molar-refractivity contribution in [3.8, 4) is 0 Å². The Morgan fingerprint density at radius 2 is 1.83 bits per heavy atom. The zero-order chi connectivity index (χ0) is 22.5. The Bertz CT molecular complexity index is 865. The number of sulfonamides is 1. The van der Waals surface area contributed by atoms with E-state index in [4.69, 9.17) is 0 Å². The molecular formula is C22H35N3O4S. The molecule has 7 nitrogen and oxygen atoms in total. The minimum Gasteiger partial charge on any atom is -0.355 e. The van der Waals surface area contributed by atoms with Crippen LogP contribution in [-0.2, 0) is 26.0 Å². The molecule has 0 spiro atoms. The molecule has 0 saturated carbocycles. The van der Waals surface area contributed by atoms with Crippen molar-refractivity contribution in [3.05, 3.63) is 23.8 Å². The molecule has 1 heterocycles. The maximum Gasteiger partial charge on any atom is 0.241 e. The minimum absolute atomic E-state index is 0.0255. The number of anilines is 1. The summed E-state index contributed by atoms with van der Waals surface area (Å²) >= 11 is 0. The molecule has 2 amide bonds. The lowest BCUT2D eigenvalue weighted by atomic mass is 10.0. The molecule has 0 aromatic heterocycles. The van der Waals surface area contributed by atoms with E-state index in [0.29, 0.717) is 38.3 Å². The molecule has 1 aliphatic rings. The zero-order valence-electron chi connectivity index (χ0n) is 18.7. The van der Waals surface area contributed by atoms with Crippen molar-refractivity contribution in [1.82, 2.24) is 10.0 Å². The Morgan fingerprint density at radius 1 is 1.13 bits per heavy atom. The van der Waals surface area contributed by atoms with Crippen molar-refractivity contribution in [2.45, 2.75) is 71.2 Å². The van der Waals surface area contributed by atoms with Gasteiger partial charge in [0.15, 0.2) is 0 Å². The van der Waals surface area contributed by atoms with E-state index in [1.165, 1.54) is 6.07 Å². The van der Waals surface area contributed by atoms with Crippen molar-refractivity contribution in [2.75, 3.05) is 18.0 Å². The Kier molecular flexibility index (Phi) is 8.43. The van der Waals surface area contributed by atoms with Crippen LogP contribution in [0.15, 0.2) is 23.1 Å². The number of nitrogens with zero attached hydrogens (tertiary/aromatic N) is 1. The molecule has 1 atom stereocenters. The highest BCUT2D eigenvalue weighted by Gasteiger charge is 2.29. The van der Waals surface area contributed by atoms with E-state index >= 15 is 0 Å². The van der Waals surface area contributed by atoms with Gasteiger partial charge in [-0.25, -0.2) is 8.42 Å². The molecule has 0 aliphatic carbocycles. The first-order valence-electron chi connectivity index (χ1n) is 10.8. The van der Waals surface area contributed by atoms with Gasteiger partial charge in [0.2, 0.25) is 21.8 Å². The summed E-state index contributed by atoms with van der Waals surface area (Å²) < 4.78 is 28.6. The lowest BCUT2D eigenvalue weighted by molar-refractivity contribution is -0.123. The summed E-state index contributed by atoms with van der Waals surface area (Å²) in [7, 11) is -3.87. The van der Waals surface area contributed by atoms with Gasteiger partial charge in [-0.15, -0.1) is 0 Å². The van der Waals surface area contributed by atoms with Crippen LogP contribution in [0, 0.1) is 11.8 Å². The maximum atomic E-state index is 13.0. The lowest BCUT2D eigenvalue weighted by Gasteiger charge is -2.21. The summed E-state index contributed by atoms with van der Waals surface area (Å²) in [4.78, 5) is 26.5. The fourth-order valence-corrected chi connectivity index (χ4v) is 4.80. The molecule has 1 aromatic rings. The summed E-state index contributed by atoms with van der Waals surface area (Å²) in [6.45, 7) is 11.0. The predicted octanol–water partition coefficient (Wildman–Crippen LogP) is 2.84. The van der Waals surface area contributed by atoms with Crippen molar-refractivity contribution in [2.24, 2.45) is 11.8 Å². The molecule has 0 radical (unpaired) electrons. The van der Waals surface area contributed by atoms with E-state index < -0.39 is 16.1 Å². The first-order valence-corrected chi connectivity index (χ1v) is 12.3. The van der Waals surface area contributed by atoms with Crippen LogP contribution in [0.1, 0.15) is 59.4 Å². The second-order valence-electron chi connectivity index (χ2n) is 8.72. The Balaban J connectivity index is 2.18. The van der Waals surface area contributed by atoms with Crippen molar-refractivity contribution in [3.63, 3.8) is 0 Å². The van der Waals surface area contributed by atoms with Gasteiger partial charge in [-0.05, 0) is 54.9 Å². The second-order valence-corrected chi connectivity index (χ2v) is 10.4. The third-order valence-electron chi connectivity index (χ3n) is 5.20. The van der Waals surface area contributed by atoms with Gasteiger partial charge in [-0.2, -0.15) is 4.72 Å². The van der Waals surface area contributed by atoms with E-state index in [-0.39, 0.29) is 22.6 Å². The van der Waals surface area contributed by atoms with Crippen LogP contribution in [0.2, 0.25) is 0 Å². The van der Waals surface area contributed by atoms with Crippen LogP contribution in [0.25, 0.3) is 0 Å². The van der Waals surface area contributed by atoms with Gasteiger partial charge in [-0.1, -0.05) is 34.6 Å². The summed E-state index contributed by atoms with van der Waals surface area (Å²) in [5.41, 5.74) is 1.60. The number of fused-ring (bicyclic) bond motifs is 1. The molecule has 1 aromatic carbocycles. The summed E-state index contributed by atoms with van der Waals surface area (Å²) in [5.74, 6) is 0.338. The first-order chi connectivity index (χ1) is 14.0. The van der Waals surface area contributed by atoms with Crippen LogP contribution in [-0.4, -0.2) is 39.4 Å². The van der Waals surface area contributed by atoms with Gasteiger partial charge >= 0.3 is 0 Å². The smallest absolute Gasteiger partial charge is 0.241 e. The molecule has 0 saturated heterocycles. The monoisotopic (exact) mass is 437 g/mol. The summed E-state index contributed by atoms with van der Waals surface area (Å²) in [5, 5.41) is 2.85. The predicted molar refractivity (Wildman–Crippen MR) is 119 cm³/mol. The molecule has 0 unspecified atom stereocenters. The van der Waals surface area contributed by atoms with Crippen LogP contribution in [0.3, 0.4) is 0 Å². The second kappa shape index (κ2) is 10.4. The van der Waals surface area contributed by atoms with Gasteiger partial charge in [0.05, 0.1) is 4.90 Å². The fourth-order valence-electron chi connectivity index (χ4n) is 3.54. The van der Waals surface area contributed by atoms with Crippen molar-refractivity contribution >= 4 is 27.5 Å². The number of benzene rings is 1. The third kappa shape index (κ3) is 6.28. The molecule has 8 heteroatoms. The van der Waals surface area contributed by atoms with Crippen LogP contribution < -0.4 is 14.9 Å². The number of hydrogen-bond donors (Lipinski definition) is 2. The average molecular weight is 438 g/mol. The summed E-state index contributed by atoms with van der Waals surface area (Å²) in [6, 6.07) is 3.98. The largest absolute Gasteiger partial charge is 0.355 e. The molecule has 2 N–H and O–H groups in total. The van der Waals surface area contributed by atoms with E-state index in [1.807, 2.05) is 20.8 Å². The first kappa shape index (κ1) is 24.3. The lowest BCUT2D eigenvalue weighted by Crippen LogP contribution is -2.47. The van der Waals surface area contributed by atoms with E-state index in [0.717, 1.165) is 17.7 Å². The molecule has 30 heavy (non-hydrogen) atoms. The quantitative estimate of drug-likeness (QED) is 0.588. The molecule has 168 valence electrons. The highest BCUT2D eigenvalue weighted by molar-refractivity contribution is 7.89. The number of carbonyl (C=O) groups is 2. The highest BCUT2D eigenvalue weighted by Crippen LogP contribution is 2.30. The fraction of sp³-hybridized carbons (Fsp3) is 0.636. The highest BCUT2D eigenvalue weighted by atomic mass is 32.2. The SMILES string of the molecule is CCC(=O)N1CCc2cc(S(=O)(=O)N[C@H](CC(C)C)C(=O)NCCC(C)C)ccc21. The molecule has 1 aliphatic heterocycles. The molecule has 0 fully saturated rings. The molecule has 2 rings (SSSR count). The van der Waals surface area contributed by atoms with Gasteiger partial charge in [0.25, 0.3) is 0 Å². The van der Waals surface area contributed by atoms with Crippen molar-refractivity contribution in [1.29, 1.82) is 0 Å². The van der Waals surface area contributed by atoms with Crippen LogP contribution in [0.5, 0.6) is 0 Å². The van der Waals surface area contributed by atoms with Crippen molar-refractivity contribution < 1.29 is 18.0 Å². The maximum absolute atomic E-state index is 13.0. The summed E-state index contributed by atoms with van der Waals surface area (Å²) in [6.07, 6.45) is 2.28. The minimum atomic E-state index is -3.87. The van der Waals surface area contributed by atoms with Gasteiger partial charge in [0.1, 0.15) is 6.04 Å². The Hall–Kier alpha value is -1.93. The number of hydrogen-bond acceptors (Lipinski definition) is 4. The van der Waals surface area contributed by atoms with Gasteiger partial charge in [-0.3, -0.25) is 9.59 Å². The third-order valence-corrected chi connectivity index (χ3v) is 6.67. The molecular weight excluding hydrogens is 402 g/mol. The Morgan fingerprint density at radius 3 is 2.43 bits per heavy atom. The van der Waals surface area contributed by atoms with E-state index in [2.05, 4.69) is 23.9 Å². The standard InChI is InChI=1S/C22H35N3O4S/c1-6-21(26)25-12-10-17-14-18(7-8-20(17)25)30(28,29)24-19(13-16(4)5)22(27)23-11-9-15(2)3/h7-8,14-16,19,24H,6,9-13H2,1-5H3,(H,23,27)/t19-/m1/s1. The van der Waals surface area contributed by atoms with Gasteiger partial charge < -0.3 is 10.2 Å². The number of carbonyl (C=O) groups excluding carboxylic acids is 2. The van der Waals surface area contributed by atoms with Crippen LogP contribution >= 0.6 is 0 Å². The molecule has 0 bridgehead atoms. The topological polar surface area (TPSA) is 95.6 Å². The van der Waals surface area contributed by atoms with E-state index in [9.17, 15) is 18.0 Å². The normalized spacial score (nSPS) is 14.8. The van der Waals surface area contributed by atoms with Gasteiger partial charge in [0, 0.05) is 25.2 Å². The number of rotatable bonds is 10. The zero-order valence-corrected chi connectivity index (χ0v) is 19.5. The van der Waals surface area contributed by atoms with E-state index in [1.54, 1.807) is 17.0 Å². The number of amides is 2.